The van der Waals surface area contributed by atoms with Crippen molar-refractivity contribution in [1.29, 1.82) is 0 Å². The fourth-order valence-corrected chi connectivity index (χ4v) is 1.80. The van der Waals surface area contributed by atoms with E-state index in [9.17, 15) is 14.4 Å². The number of hydrogen-bond acceptors (Lipinski definition) is 4. The van der Waals surface area contributed by atoms with Crippen LogP contribution < -0.4 is 5.32 Å². The summed E-state index contributed by atoms with van der Waals surface area (Å²) >= 11 is 0. The van der Waals surface area contributed by atoms with Crippen LogP contribution in [0.3, 0.4) is 0 Å². The maximum Gasteiger partial charge on any atom is 0.328 e. The van der Waals surface area contributed by atoms with E-state index in [1.165, 1.54) is 4.90 Å². The number of carboxylic acid groups (broad SMARTS) is 1. The highest BCUT2D eigenvalue weighted by molar-refractivity contribution is 5.88. The van der Waals surface area contributed by atoms with Gasteiger partial charge in [0.25, 0.3) is 0 Å². The number of aliphatic hydroxyl groups is 1. The molecule has 1 saturated heterocycles. The summed E-state index contributed by atoms with van der Waals surface area (Å²) in [7, 11) is 0. The fourth-order valence-electron chi connectivity index (χ4n) is 1.80. The molecule has 1 heterocycles. The summed E-state index contributed by atoms with van der Waals surface area (Å²) < 4.78 is 0. The third-order valence-electron chi connectivity index (χ3n) is 2.82. The van der Waals surface area contributed by atoms with Crippen LogP contribution in [0.5, 0.6) is 0 Å². The summed E-state index contributed by atoms with van der Waals surface area (Å²) in [5, 5.41) is 19.6. The fraction of sp³-hybridized carbons (Fsp3) is 0.727. The molecule has 0 aliphatic carbocycles. The average Bonchev–Trinajstić information content (AvgIpc) is 2.51. The van der Waals surface area contributed by atoms with Gasteiger partial charge in [0.15, 0.2) is 0 Å². The largest absolute Gasteiger partial charge is 0.480 e. The first kappa shape index (κ1) is 14.4. The van der Waals surface area contributed by atoms with Crippen molar-refractivity contribution in [2.75, 3.05) is 19.7 Å². The number of nitrogens with one attached hydrogen (secondary N) is 1. The van der Waals surface area contributed by atoms with E-state index in [1.54, 1.807) is 0 Å². The van der Waals surface area contributed by atoms with Gasteiger partial charge in [-0.2, -0.15) is 0 Å². The number of hydrogen-bond donors (Lipinski definition) is 3. The first-order valence-corrected chi connectivity index (χ1v) is 5.95. The minimum absolute atomic E-state index is 0.0847. The molecule has 7 heteroatoms. The molecule has 3 N–H and O–H groups in total. The molecule has 0 bridgehead atoms. The molecule has 0 unspecified atom stereocenters. The van der Waals surface area contributed by atoms with E-state index in [0.29, 0.717) is 13.0 Å². The molecular weight excluding hydrogens is 240 g/mol. The number of carboxylic acids is 1. The molecule has 1 rings (SSSR count). The van der Waals surface area contributed by atoms with Gasteiger partial charge in [-0.25, -0.2) is 4.79 Å². The zero-order chi connectivity index (χ0) is 13.5. The van der Waals surface area contributed by atoms with Crippen LogP contribution in [0.1, 0.15) is 25.7 Å². The Morgan fingerprint density at radius 2 is 2.06 bits per heavy atom. The molecule has 0 saturated carbocycles. The summed E-state index contributed by atoms with van der Waals surface area (Å²) in [5.74, 6) is -1.95. The second-order valence-electron chi connectivity index (χ2n) is 4.27. The quantitative estimate of drug-likeness (QED) is 0.583. The Hall–Kier alpha value is -1.63. The third-order valence-corrected chi connectivity index (χ3v) is 2.82. The van der Waals surface area contributed by atoms with Crippen LogP contribution in [0.25, 0.3) is 0 Å². The van der Waals surface area contributed by atoms with Crippen molar-refractivity contribution in [1.82, 2.24) is 10.2 Å². The lowest BCUT2D eigenvalue weighted by molar-refractivity contribution is -0.143. The standard InChI is InChI=1S/C11H18N2O5/c14-7-8(11(17)18)12-9(15)6-13-5-3-1-2-4-10(13)16/h8,14H,1-7H2,(H,12,15)(H,17,18)/t8-/m1/s1. The van der Waals surface area contributed by atoms with Crippen LogP contribution >= 0.6 is 0 Å². The summed E-state index contributed by atoms with van der Waals surface area (Å²) in [6.45, 7) is -0.305. The van der Waals surface area contributed by atoms with Gasteiger partial charge >= 0.3 is 5.97 Å². The Labute approximate surface area is 105 Å². The summed E-state index contributed by atoms with van der Waals surface area (Å²) in [5.41, 5.74) is 0. The molecule has 1 atom stereocenters. The van der Waals surface area contributed by atoms with Crippen molar-refractivity contribution in [2.24, 2.45) is 0 Å². The molecule has 1 aliphatic rings. The van der Waals surface area contributed by atoms with Crippen LogP contribution in [-0.4, -0.2) is 58.6 Å². The van der Waals surface area contributed by atoms with Gasteiger partial charge in [0.05, 0.1) is 13.2 Å². The van der Waals surface area contributed by atoms with E-state index in [0.717, 1.165) is 19.3 Å². The number of carbonyl (C=O) groups is 3. The van der Waals surface area contributed by atoms with Crippen molar-refractivity contribution in [2.45, 2.75) is 31.7 Å². The van der Waals surface area contributed by atoms with Crippen molar-refractivity contribution in [3.8, 4) is 0 Å². The van der Waals surface area contributed by atoms with Gasteiger partial charge in [-0.15, -0.1) is 0 Å². The smallest absolute Gasteiger partial charge is 0.328 e. The topological polar surface area (TPSA) is 107 Å². The van der Waals surface area contributed by atoms with E-state index in [4.69, 9.17) is 10.2 Å². The monoisotopic (exact) mass is 258 g/mol. The highest BCUT2D eigenvalue weighted by atomic mass is 16.4. The minimum Gasteiger partial charge on any atom is -0.480 e. The first-order chi connectivity index (χ1) is 8.54. The van der Waals surface area contributed by atoms with Crippen LogP contribution in [0.2, 0.25) is 0 Å². The van der Waals surface area contributed by atoms with Gasteiger partial charge in [-0.1, -0.05) is 6.42 Å². The van der Waals surface area contributed by atoms with Crippen LogP contribution in [-0.2, 0) is 14.4 Å². The number of carbonyl (C=O) groups excluding carboxylic acids is 2. The van der Waals surface area contributed by atoms with Gasteiger partial charge in [0.2, 0.25) is 11.8 Å². The van der Waals surface area contributed by atoms with Gasteiger partial charge in [-0.3, -0.25) is 9.59 Å². The minimum atomic E-state index is -1.32. The van der Waals surface area contributed by atoms with Gasteiger partial charge in [0.1, 0.15) is 6.04 Å². The molecule has 18 heavy (non-hydrogen) atoms. The van der Waals surface area contributed by atoms with Crippen molar-refractivity contribution >= 4 is 17.8 Å². The SMILES string of the molecule is O=C(CN1CCCCCC1=O)N[C@H](CO)C(=O)O. The molecule has 7 nitrogen and oxygen atoms in total. The normalized spacial score (nSPS) is 18.1. The molecule has 2 amide bonds. The predicted molar refractivity (Wildman–Crippen MR) is 61.7 cm³/mol. The predicted octanol–water partition coefficient (Wildman–Crippen LogP) is -1.05. The molecule has 0 radical (unpaired) electrons. The van der Waals surface area contributed by atoms with E-state index in [2.05, 4.69) is 5.32 Å². The maximum atomic E-state index is 11.6. The highest BCUT2D eigenvalue weighted by Crippen LogP contribution is 2.10. The first-order valence-electron chi connectivity index (χ1n) is 5.95. The summed E-state index contributed by atoms with van der Waals surface area (Å²) in [4.78, 5) is 35.2. The molecule has 1 aliphatic heterocycles. The Kier molecular flexibility index (Phi) is 5.57. The second-order valence-corrected chi connectivity index (χ2v) is 4.27. The Bertz CT molecular complexity index is 331. The number of aliphatic carboxylic acids is 1. The summed E-state index contributed by atoms with van der Waals surface area (Å²) in [6, 6.07) is -1.32. The number of rotatable bonds is 5. The molecule has 102 valence electrons. The number of nitrogens with zero attached hydrogens (tertiary/aromatic N) is 1. The Morgan fingerprint density at radius 3 is 2.67 bits per heavy atom. The van der Waals surface area contributed by atoms with Crippen molar-refractivity contribution < 1.29 is 24.6 Å². The van der Waals surface area contributed by atoms with Crippen molar-refractivity contribution in [3.63, 3.8) is 0 Å². The molecule has 0 aromatic rings. The lowest BCUT2D eigenvalue weighted by Crippen LogP contribution is -2.48. The van der Waals surface area contributed by atoms with E-state index >= 15 is 0 Å². The van der Waals surface area contributed by atoms with Crippen LogP contribution in [0, 0.1) is 0 Å². The van der Waals surface area contributed by atoms with Gasteiger partial charge < -0.3 is 20.4 Å². The number of aliphatic hydroxyl groups excluding tert-OH is 1. The lowest BCUT2D eigenvalue weighted by atomic mass is 10.2. The van der Waals surface area contributed by atoms with Gasteiger partial charge in [-0.05, 0) is 12.8 Å². The van der Waals surface area contributed by atoms with Crippen LogP contribution in [0.15, 0.2) is 0 Å². The Balaban J connectivity index is 2.47. The zero-order valence-electron chi connectivity index (χ0n) is 10.1. The van der Waals surface area contributed by atoms with E-state index in [-0.39, 0.29) is 12.5 Å². The highest BCUT2D eigenvalue weighted by Gasteiger charge is 2.23. The molecule has 0 aromatic heterocycles. The van der Waals surface area contributed by atoms with Gasteiger partial charge in [0, 0.05) is 13.0 Å². The van der Waals surface area contributed by atoms with Crippen LogP contribution in [0.4, 0.5) is 0 Å². The third kappa shape index (κ3) is 4.33. The second kappa shape index (κ2) is 6.95. The number of amides is 2. The molecular formula is C11H18N2O5. The zero-order valence-corrected chi connectivity index (χ0v) is 10.1. The number of likely N-dealkylation sites (tertiary alicyclic amines) is 1. The molecule has 1 fully saturated rings. The van der Waals surface area contributed by atoms with E-state index < -0.39 is 24.5 Å². The Morgan fingerprint density at radius 1 is 1.33 bits per heavy atom. The lowest BCUT2D eigenvalue weighted by Gasteiger charge is -2.21. The van der Waals surface area contributed by atoms with Crippen molar-refractivity contribution in [3.05, 3.63) is 0 Å². The molecule has 0 aromatic carbocycles. The average molecular weight is 258 g/mol. The summed E-state index contributed by atoms with van der Waals surface area (Å²) in [6.07, 6.45) is 3.06. The molecule has 0 spiro atoms. The maximum absolute atomic E-state index is 11.6. The van der Waals surface area contributed by atoms with E-state index in [1.807, 2.05) is 0 Å².